The van der Waals surface area contributed by atoms with Crippen LogP contribution in [0.5, 0.6) is 0 Å². The molecule has 1 aliphatic heterocycles. The lowest BCUT2D eigenvalue weighted by atomic mass is 10.0. The van der Waals surface area contributed by atoms with E-state index in [1.165, 1.54) is 11.1 Å². The average molecular weight is 290 g/mol. The maximum absolute atomic E-state index is 11.8. The third-order valence-corrected chi connectivity index (χ3v) is 3.41. The highest BCUT2D eigenvalue weighted by atomic mass is 35.5. The monoisotopic (exact) mass is 289 g/mol. The van der Waals surface area contributed by atoms with E-state index in [0.29, 0.717) is 12.4 Å². The molecule has 0 unspecified atom stereocenters. The third-order valence-electron chi connectivity index (χ3n) is 3.22. The number of halogens is 1. The molecule has 0 aliphatic carbocycles. The highest BCUT2D eigenvalue weighted by molar-refractivity contribution is 6.18. The molecule has 1 aliphatic rings. The van der Waals surface area contributed by atoms with Crippen LogP contribution in [0, 0.1) is 11.3 Å². The Kier molecular flexibility index (Phi) is 5.03. The van der Waals surface area contributed by atoms with E-state index in [9.17, 15) is 4.79 Å². The Morgan fingerprint density at radius 2 is 2.20 bits per heavy atom. The molecule has 0 fully saturated rings. The number of carbonyl (C=O) groups is 1. The molecule has 0 atom stereocenters. The van der Waals surface area contributed by atoms with Crippen molar-refractivity contribution in [3.05, 3.63) is 47.2 Å². The molecule has 2 rings (SSSR count). The van der Waals surface area contributed by atoms with E-state index in [1.54, 1.807) is 6.20 Å². The van der Waals surface area contributed by atoms with Gasteiger partial charge in [0.25, 0.3) is 5.91 Å². The van der Waals surface area contributed by atoms with Gasteiger partial charge in [0.15, 0.2) is 0 Å². The van der Waals surface area contributed by atoms with Crippen molar-refractivity contribution in [3.63, 3.8) is 0 Å². The smallest absolute Gasteiger partial charge is 0.263 e. The lowest BCUT2D eigenvalue weighted by molar-refractivity contribution is -0.117. The van der Waals surface area contributed by atoms with Crippen LogP contribution >= 0.6 is 11.6 Å². The standard InChI is InChI=1S/C15H16ClN3O/c16-6-7-18-15(20)14(9-17)11-19-8-5-12-3-1-2-4-13(12)10-19/h1-4,11H,5-8,10H2,(H,18,20)/b14-11-. The summed E-state index contributed by atoms with van der Waals surface area (Å²) in [5, 5.41) is 11.7. The molecular weight excluding hydrogens is 274 g/mol. The second-order valence-electron chi connectivity index (χ2n) is 4.59. The molecule has 104 valence electrons. The van der Waals surface area contributed by atoms with Crippen molar-refractivity contribution >= 4 is 17.5 Å². The zero-order valence-electron chi connectivity index (χ0n) is 11.1. The minimum atomic E-state index is -0.369. The molecule has 0 saturated carbocycles. The fourth-order valence-corrected chi connectivity index (χ4v) is 2.30. The summed E-state index contributed by atoms with van der Waals surface area (Å²) in [6.07, 6.45) is 2.56. The second kappa shape index (κ2) is 6.97. The normalized spacial score (nSPS) is 14.4. The summed E-state index contributed by atoms with van der Waals surface area (Å²) < 4.78 is 0. The third kappa shape index (κ3) is 3.52. The van der Waals surface area contributed by atoms with Gasteiger partial charge in [-0.2, -0.15) is 5.26 Å². The van der Waals surface area contributed by atoms with Gasteiger partial charge in [-0.1, -0.05) is 24.3 Å². The van der Waals surface area contributed by atoms with Crippen molar-refractivity contribution in [2.75, 3.05) is 19.0 Å². The van der Waals surface area contributed by atoms with E-state index in [-0.39, 0.29) is 11.5 Å². The van der Waals surface area contributed by atoms with E-state index >= 15 is 0 Å². The number of alkyl halides is 1. The van der Waals surface area contributed by atoms with Crippen molar-refractivity contribution in [2.45, 2.75) is 13.0 Å². The van der Waals surface area contributed by atoms with E-state index < -0.39 is 0 Å². The van der Waals surface area contributed by atoms with Crippen molar-refractivity contribution in [1.82, 2.24) is 10.2 Å². The summed E-state index contributed by atoms with van der Waals surface area (Å²) in [6, 6.07) is 10.2. The fraction of sp³-hybridized carbons (Fsp3) is 0.333. The molecule has 0 saturated heterocycles. The molecule has 1 heterocycles. The maximum Gasteiger partial charge on any atom is 0.263 e. The van der Waals surface area contributed by atoms with Crippen LogP contribution < -0.4 is 5.32 Å². The number of rotatable bonds is 4. The molecule has 0 aromatic heterocycles. The maximum atomic E-state index is 11.8. The molecule has 0 spiro atoms. The summed E-state index contributed by atoms with van der Waals surface area (Å²) in [7, 11) is 0. The van der Waals surface area contributed by atoms with Gasteiger partial charge < -0.3 is 10.2 Å². The van der Waals surface area contributed by atoms with Crippen LogP contribution in [-0.2, 0) is 17.8 Å². The Labute approximate surface area is 123 Å². The van der Waals surface area contributed by atoms with Crippen molar-refractivity contribution < 1.29 is 4.79 Å². The lowest BCUT2D eigenvalue weighted by Gasteiger charge is -2.27. The summed E-state index contributed by atoms with van der Waals surface area (Å²) >= 11 is 5.51. The predicted molar refractivity (Wildman–Crippen MR) is 78.0 cm³/mol. The topological polar surface area (TPSA) is 56.1 Å². The molecule has 20 heavy (non-hydrogen) atoms. The largest absolute Gasteiger partial charge is 0.371 e. The van der Waals surface area contributed by atoms with E-state index in [0.717, 1.165) is 19.5 Å². The quantitative estimate of drug-likeness (QED) is 0.522. The van der Waals surface area contributed by atoms with Gasteiger partial charge in [0, 0.05) is 31.7 Å². The van der Waals surface area contributed by atoms with Crippen molar-refractivity contribution in [2.24, 2.45) is 0 Å². The van der Waals surface area contributed by atoms with Gasteiger partial charge in [0.1, 0.15) is 11.6 Å². The zero-order valence-corrected chi connectivity index (χ0v) is 11.9. The summed E-state index contributed by atoms with van der Waals surface area (Å²) in [5.41, 5.74) is 2.70. The van der Waals surface area contributed by atoms with Gasteiger partial charge in [-0.25, -0.2) is 0 Å². The van der Waals surface area contributed by atoms with Crippen LogP contribution in [-0.4, -0.2) is 29.8 Å². The average Bonchev–Trinajstić information content (AvgIpc) is 2.50. The first-order chi connectivity index (χ1) is 9.74. The van der Waals surface area contributed by atoms with E-state index in [2.05, 4.69) is 17.4 Å². The Hall–Kier alpha value is -1.99. The summed E-state index contributed by atoms with van der Waals surface area (Å²) in [6.45, 7) is 1.90. The van der Waals surface area contributed by atoms with Gasteiger partial charge >= 0.3 is 0 Å². The highest BCUT2D eigenvalue weighted by Gasteiger charge is 2.16. The summed E-state index contributed by atoms with van der Waals surface area (Å²) in [5.74, 6) is -0.0337. The fourth-order valence-electron chi connectivity index (χ4n) is 2.20. The Balaban J connectivity index is 2.07. The Bertz CT molecular complexity index is 562. The SMILES string of the molecule is N#C/C(=C/N1CCc2ccccc2C1)C(=O)NCCCl. The number of benzene rings is 1. The molecule has 5 heteroatoms. The van der Waals surface area contributed by atoms with Gasteiger partial charge in [-0.15, -0.1) is 11.6 Å². The van der Waals surface area contributed by atoms with Crippen LogP contribution in [0.2, 0.25) is 0 Å². The summed E-state index contributed by atoms with van der Waals surface area (Å²) in [4.78, 5) is 13.8. The molecule has 1 aromatic carbocycles. The van der Waals surface area contributed by atoms with Crippen LogP contribution in [0.4, 0.5) is 0 Å². The van der Waals surface area contributed by atoms with Gasteiger partial charge in [0.05, 0.1) is 0 Å². The molecule has 0 radical (unpaired) electrons. The number of hydrogen-bond acceptors (Lipinski definition) is 3. The first kappa shape index (κ1) is 14.4. The first-order valence-electron chi connectivity index (χ1n) is 6.51. The minimum Gasteiger partial charge on any atom is -0.371 e. The van der Waals surface area contributed by atoms with Gasteiger partial charge in [0.2, 0.25) is 0 Å². The number of nitrogens with one attached hydrogen (secondary N) is 1. The highest BCUT2D eigenvalue weighted by Crippen LogP contribution is 2.19. The second-order valence-corrected chi connectivity index (χ2v) is 4.97. The molecule has 1 aromatic rings. The molecule has 1 amide bonds. The number of hydrogen-bond donors (Lipinski definition) is 1. The van der Waals surface area contributed by atoms with Crippen LogP contribution in [0.1, 0.15) is 11.1 Å². The predicted octanol–water partition coefficient (Wildman–Crippen LogP) is 1.81. The van der Waals surface area contributed by atoms with Crippen molar-refractivity contribution in [1.29, 1.82) is 5.26 Å². The lowest BCUT2D eigenvalue weighted by Crippen LogP contribution is -2.30. The van der Waals surface area contributed by atoms with Crippen LogP contribution in [0.15, 0.2) is 36.0 Å². The molecule has 1 N–H and O–H groups in total. The first-order valence-corrected chi connectivity index (χ1v) is 7.05. The van der Waals surface area contributed by atoms with E-state index in [4.69, 9.17) is 16.9 Å². The zero-order chi connectivity index (χ0) is 14.4. The van der Waals surface area contributed by atoms with Gasteiger partial charge in [-0.05, 0) is 17.5 Å². The molecular formula is C15H16ClN3O. The minimum absolute atomic E-state index is 0.120. The number of carbonyl (C=O) groups excluding carboxylic acids is 1. The Morgan fingerprint density at radius 1 is 1.45 bits per heavy atom. The number of nitrogens with zero attached hydrogens (tertiary/aromatic N) is 2. The van der Waals surface area contributed by atoms with Crippen molar-refractivity contribution in [3.8, 4) is 6.07 Å². The number of amides is 1. The molecule has 0 bridgehead atoms. The Morgan fingerprint density at radius 3 is 2.90 bits per heavy atom. The van der Waals surface area contributed by atoms with Crippen LogP contribution in [0.25, 0.3) is 0 Å². The molecule has 4 nitrogen and oxygen atoms in total. The van der Waals surface area contributed by atoms with Crippen LogP contribution in [0.3, 0.4) is 0 Å². The number of nitriles is 1. The van der Waals surface area contributed by atoms with E-state index in [1.807, 2.05) is 23.1 Å². The van der Waals surface area contributed by atoms with Gasteiger partial charge in [-0.3, -0.25) is 4.79 Å². The number of fused-ring (bicyclic) bond motifs is 1.